The van der Waals surface area contributed by atoms with Crippen LogP contribution in [-0.4, -0.2) is 28.1 Å². The van der Waals surface area contributed by atoms with Gasteiger partial charge in [-0.2, -0.15) is 0 Å². The van der Waals surface area contributed by atoms with Crippen molar-refractivity contribution in [3.05, 3.63) is 95.1 Å². The van der Waals surface area contributed by atoms with Crippen molar-refractivity contribution < 1.29 is 31.9 Å². The fourth-order valence-corrected chi connectivity index (χ4v) is 3.88. The summed E-state index contributed by atoms with van der Waals surface area (Å²) in [7, 11) is 0. The van der Waals surface area contributed by atoms with Gasteiger partial charge in [-0.3, -0.25) is 14.6 Å². The average Bonchev–Trinajstić information content (AvgIpc) is 3.10. The standard InChI is InChI=1S/C24H19F4N3O3/c1-14(20-11-8-16(25)13-29-20)31-21(18-4-2-3-5-19(18)23(31)33)22(32)30-12-15-6-9-17(10-7-15)34-24(26,27)28/h2-11,13-14,21H,12H2,1H3,(H,30,32). The molecule has 34 heavy (non-hydrogen) atoms. The molecule has 0 saturated heterocycles. The van der Waals surface area contributed by atoms with Crippen LogP contribution in [0.25, 0.3) is 0 Å². The van der Waals surface area contributed by atoms with Crippen LogP contribution in [0.4, 0.5) is 17.6 Å². The van der Waals surface area contributed by atoms with Crippen molar-refractivity contribution in [1.29, 1.82) is 0 Å². The van der Waals surface area contributed by atoms with E-state index in [1.54, 1.807) is 31.2 Å². The summed E-state index contributed by atoms with van der Waals surface area (Å²) in [6, 6.07) is 12.9. The van der Waals surface area contributed by atoms with Gasteiger partial charge in [0.1, 0.15) is 17.6 Å². The second-order valence-electron chi connectivity index (χ2n) is 7.69. The van der Waals surface area contributed by atoms with Gasteiger partial charge in [0.2, 0.25) is 5.91 Å². The molecule has 0 aliphatic carbocycles. The molecule has 0 fully saturated rings. The second-order valence-corrected chi connectivity index (χ2v) is 7.69. The fourth-order valence-electron chi connectivity index (χ4n) is 3.88. The van der Waals surface area contributed by atoms with Gasteiger partial charge in [0.25, 0.3) is 5.91 Å². The van der Waals surface area contributed by atoms with Crippen molar-refractivity contribution >= 4 is 11.8 Å². The van der Waals surface area contributed by atoms with Crippen LogP contribution in [0.1, 0.15) is 46.2 Å². The summed E-state index contributed by atoms with van der Waals surface area (Å²) >= 11 is 0. The van der Waals surface area contributed by atoms with E-state index in [1.807, 2.05) is 0 Å². The van der Waals surface area contributed by atoms with E-state index in [2.05, 4.69) is 15.0 Å². The van der Waals surface area contributed by atoms with Gasteiger partial charge >= 0.3 is 6.36 Å². The molecule has 0 spiro atoms. The smallest absolute Gasteiger partial charge is 0.406 e. The van der Waals surface area contributed by atoms with Crippen LogP contribution in [0.15, 0.2) is 66.9 Å². The molecule has 6 nitrogen and oxygen atoms in total. The quantitative estimate of drug-likeness (QED) is 0.527. The topological polar surface area (TPSA) is 71.5 Å². The number of nitrogens with one attached hydrogen (secondary N) is 1. The summed E-state index contributed by atoms with van der Waals surface area (Å²) in [6.07, 6.45) is -3.75. The maximum Gasteiger partial charge on any atom is 0.573 e. The fraction of sp³-hybridized carbons (Fsp3) is 0.208. The van der Waals surface area contributed by atoms with E-state index < -0.39 is 30.2 Å². The Morgan fingerprint density at radius 3 is 2.47 bits per heavy atom. The molecular weight excluding hydrogens is 454 g/mol. The summed E-state index contributed by atoms with van der Waals surface area (Å²) in [4.78, 5) is 31.8. The predicted octanol–water partition coefficient (Wildman–Crippen LogP) is 4.69. The van der Waals surface area contributed by atoms with E-state index in [-0.39, 0.29) is 18.2 Å². The molecule has 2 aromatic carbocycles. The van der Waals surface area contributed by atoms with E-state index >= 15 is 0 Å². The zero-order valence-corrected chi connectivity index (χ0v) is 17.8. The number of nitrogens with zero attached hydrogens (tertiary/aromatic N) is 2. The van der Waals surface area contributed by atoms with Crippen LogP contribution in [0.5, 0.6) is 5.75 Å². The lowest BCUT2D eigenvalue weighted by atomic mass is 10.0. The van der Waals surface area contributed by atoms with Gasteiger partial charge in [0.05, 0.1) is 17.9 Å². The molecule has 10 heteroatoms. The maximum atomic E-state index is 13.3. The number of ether oxygens (including phenoxy) is 1. The number of amides is 2. The lowest BCUT2D eigenvalue weighted by Crippen LogP contribution is -2.40. The zero-order valence-electron chi connectivity index (χ0n) is 17.8. The third-order valence-electron chi connectivity index (χ3n) is 5.47. The zero-order chi connectivity index (χ0) is 24.5. The minimum atomic E-state index is -4.79. The number of hydrogen-bond donors (Lipinski definition) is 1. The number of carbonyl (C=O) groups excluding carboxylic acids is 2. The molecule has 2 amide bonds. The molecule has 0 saturated carbocycles. The number of alkyl halides is 3. The van der Waals surface area contributed by atoms with E-state index in [4.69, 9.17) is 0 Å². The van der Waals surface area contributed by atoms with Gasteiger partial charge < -0.3 is 15.0 Å². The Morgan fingerprint density at radius 2 is 1.82 bits per heavy atom. The van der Waals surface area contributed by atoms with Crippen LogP contribution < -0.4 is 10.1 Å². The molecule has 0 bridgehead atoms. The number of benzene rings is 2. The van der Waals surface area contributed by atoms with Crippen molar-refractivity contribution in [3.63, 3.8) is 0 Å². The van der Waals surface area contributed by atoms with Gasteiger partial charge in [-0.05, 0) is 48.4 Å². The molecule has 1 N–H and O–H groups in total. The van der Waals surface area contributed by atoms with E-state index in [0.29, 0.717) is 22.4 Å². The average molecular weight is 473 g/mol. The summed E-state index contributed by atoms with van der Waals surface area (Å²) in [6.45, 7) is 1.72. The molecule has 2 unspecified atom stereocenters. The molecule has 1 aliphatic heterocycles. The highest BCUT2D eigenvalue weighted by atomic mass is 19.4. The third-order valence-corrected chi connectivity index (χ3v) is 5.47. The number of carbonyl (C=O) groups is 2. The molecule has 2 heterocycles. The highest BCUT2D eigenvalue weighted by Crippen LogP contribution is 2.39. The Hall–Kier alpha value is -3.95. The second kappa shape index (κ2) is 9.12. The SMILES string of the molecule is CC(c1ccc(F)cn1)N1C(=O)c2ccccc2C1C(=O)NCc1ccc(OC(F)(F)F)cc1. The predicted molar refractivity (Wildman–Crippen MR) is 113 cm³/mol. The maximum absolute atomic E-state index is 13.3. The van der Waals surface area contributed by atoms with Crippen LogP contribution in [0.2, 0.25) is 0 Å². The summed E-state index contributed by atoms with van der Waals surface area (Å²) in [5.74, 6) is -1.72. The van der Waals surface area contributed by atoms with E-state index in [1.165, 1.54) is 29.2 Å². The van der Waals surface area contributed by atoms with Crippen molar-refractivity contribution in [3.8, 4) is 5.75 Å². The number of pyridine rings is 1. The number of halogens is 4. The van der Waals surface area contributed by atoms with Crippen molar-refractivity contribution in [2.24, 2.45) is 0 Å². The van der Waals surface area contributed by atoms with Crippen molar-refractivity contribution in [1.82, 2.24) is 15.2 Å². The molecule has 2 atom stereocenters. The van der Waals surface area contributed by atoms with Crippen LogP contribution in [0.3, 0.4) is 0 Å². The molecule has 1 aliphatic rings. The lowest BCUT2D eigenvalue weighted by molar-refractivity contribution is -0.274. The molecule has 0 radical (unpaired) electrons. The third kappa shape index (κ3) is 4.85. The first-order valence-corrected chi connectivity index (χ1v) is 10.3. The Balaban J connectivity index is 1.54. The summed E-state index contributed by atoms with van der Waals surface area (Å²) in [5.41, 5.74) is 1.86. The van der Waals surface area contributed by atoms with Crippen LogP contribution >= 0.6 is 0 Å². The first kappa shape index (κ1) is 23.2. The van der Waals surface area contributed by atoms with Gasteiger partial charge in [0.15, 0.2) is 0 Å². The van der Waals surface area contributed by atoms with Crippen LogP contribution in [-0.2, 0) is 11.3 Å². The lowest BCUT2D eigenvalue weighted by Gasteiger charge is -2.30. The first-order valence-electron chi connectivity index (χ1n) is 10.3. The molecule has 4 rings (SSSR count). The first-order chi connectivity index (χ1) is 16.1. The summed E-state index contributed by atoms with van der Waals surface area (Å²) < 4.78 is 54.2. The van der Waals surface area contributed by atoms with Crippen molar-refractivity contribution in [2.75, 3.05) is 0 Å². The number of aromatic nitrogens is 1. The minimum absolute atomic E-state index is 0.0228. The normalized spacial score (nSPS) is 16.2. The van der Waals surface area contributed by atoms with Gasteiger partial charge in [-0.15, -0.1) is 13.2 Å². The summed E-state index contributed by atoms with van der Waals surface area (Å²) in [5, 5.41) is 2.74. The van der Waals surface area contributed by atoms with Gasteiger partial charge in [0, 0.05) is 12.1 Å². The Bertz CT molecular complexity index is 1200. The monoisotopic (exact) mass is 473 g/mol. The largest absolute Gasteiger partial charge is 0.573 e. The molecular formula is C24H19F4N3O3. The molecule has 1 aromatic heterocycles. The van der Waals surface area contributed by atoms with Crippen LogP contribution in [0, 0.1) is 5.82 Å². The molecule has 176 valence electrons. The highest BCUT2D eigenvalue weighted by Gasteiger charge is 2.43. The van der Waals surface area contributed by atoms with Crippen molar-refractivity contribution in [2.45, 2.75) is 31.9 Å². The Morgan fingerprint density at radius 1 is 1.12 bits per heavy atom. The van der Waals surface area contributed by atoms with Gasteiger partial charge in [-0.25, -0.2) is 4.39 Å². The van der Waals surface area contributed by atoms with E-state index in [9.17, 15) is 27.2 Å². The molecule has 3 aromatic rings. The number of rotatable bonds is 6. The highest BCUT2D eigenvalue weighted by molar-refractivity contribution is 6.04. The number of hydrogen-bond acceptors (Lipinski definition) is 4. The Labute approximate surface area is 192 Å². The van der Waals surface area contributed by atoms with Gasteiger partial charge in [-0.1, -0.05) is 30.3 Å². The minimum Gasteiger partial charge on any atom is -0.406 e. The van der Waals surface area contributed by atoms with E-state index in [0.717, 1.165) is 18.3 Å². The Kier molecular flexibility index (Phi) is 6.23. The number of fused-ring (bicyclic) bond motifs is 1.